The Kier molecular flexibility index (Phi) is 4.50. The Labute approximate surface area is 123 Å². The lowest BCUT2D eigenvalue weighted by molar-refractivity contribution is -0.117. The number of carbonyl (C=O) groups is 1. The Balaban J connectivity index is 2.23. The van der Waals surface area contributed by atoms with Gasteiger partial charge in [0.15, 0.2) is 0 Å². The van der Waals surface area contributed by atoms with Crippen LogP contribution in [0.3, 0.4) is 0 Å². The maximum absolute atomic E-state index is 12.6. The Bertz CT molecular complexity index is 493. The summed E-state index contributed by atoms with van der Waals surface area (Å²) in [6, 6.07) is 3.44. The van der Waals surface area contributed by atoms with Crippen LogP contribution in [0.2, 0.25) is 0 Å². The minimum absolute atomic E-state index is 0.110. The van der Waals surface area contributed by atoms with Gasteiger partial charge >= 0.3 is 0 Å². The van der Waals surface area contributed by atoms with E-state index in [1.807, 2.05) is 13.8 Å². The van der Waals surface area contributed by atoms with Crippen molar-refractivity contribution >= 4 is 17.5 Å². The Morgan fingerprint density at radius 3 is 3.05 bits per heavy atom. The average molecular weight is 299 g/mol. The molecule has 5 nitrogen and oxygen atoms in total. The second-order valence-electron chi connectivity index (χ2n) is 5.40. The van der Waals surface area contributed by atoms with Crippen molar-refractivity contribution in [3.05, 3.63) is 23.9 Å². The smallest absolute Gasteiger partial charge is 0.259 e. The molecule has 110 valence electrons. The number of pyridine rings is 1. The van der Waals surface area contributed by atoms with Gasteiger partial charge in [-0.25, -0.2) is 4.98 Å². The third-order valence-electron chi connectivity index (χ3n) is 3.14. The second kappa shape index (κ2) is 5.97. The quantitative estimate of drug-likeness (QED) is 0.800. The SMILES string of the molecule is COc1ncccc1C(=O)N1CC(CCl)OC(C)(C)C1. The zero-order valence-corrected chi connectivity index (χ0v) is 12.7. The van der Waals surface area contributed by atoms with Crippen molar-refractivity contribution in [2.24, 2.45) is 0 Å². The van der Waals surface area contributed by atoms with E-state index in [-0.39, 0.29) is 12.0 Å². The van der Waals surface area contributed by atoms with E-state index in [0.717, 1.165) is 0 Å². The lowest BCUT2D eigenvalue weighted by Crippen LogP contribution is -2.55. The van der Waals surface area contributed by atoms with E-state index in [0.29, 0.717) is 30.4 Å². The Morgan fingerprint density at radius 1 is 1.65 bits per heavy atom. The number of methoxy groups -OCH3 is 1. The van der Waals surface area contributed by atoms with Crippen LogP contribution in [-0.4, -0.2) is 53.6 Å². The molecule has 0 spiro atoms. The predicted molar refractivity (Wildman–Crippen MR) is 76.4 cm³/mol. The zero-order chi connectivity index (χ0) is 14.8. The predicted octanol–water partition coefficient (Wildman–Crippen LogP) is 1.95. The molecule has 0 aromatic carbocycles. The van der Waals surface area contributed by atoms with Gasteiger partial charge in [-0.05, 0) is 26.0 Å². The molecule has 0 radical (unpaired) electrons. The molecule has 1 saturated heterocycles. The van der Waals surface area contributed by atoms with E-state index < -0.39 is 5.60 Å². The van der Waals surface area contributed by atoms with Crippen molar-refractivity contribution < 1.29 is 14.3 Å². The summed E-state index contributed by atoms with van der Waals surface area (Å²) in [5, 5.41) is 0. The molecule has 1 aliphatic heterocycles. The largest absolute Gasteiger partial charge is 0.480 e. The van der Waals surface area contributed by atoms with Crippen LogP contribution < -0.4 is 4.74 Å². The summed E-state index contributed by atoms with van der Waals surface area (Å²) < 4.78 is 11.0. The fourth-order valence-electron chi connectivity index (χ4n) is 2.42. The molecule has 1 atom stereocenters. The highest BCUT2D eigenvalue weighted by molar-refractivity contribution is 6.18. The highest BCUT2D eigenvalue weighted by Gasteiger charge is 2.36. The first-order valence-corrected chi connectivity index (χ1v) is 7.02. The number of rotatable bonds is 3. The van der Waals surface area contributed by atoms with Gasteiger partial charge in [0.2, 0.25) is 5.88 Å². The summed E-state index contributed by atoms with van der Waals surface area (Å²) in [5.74, 6) is 0.586. The van der Waals surface area contributed by atoms with Gasteiger partial charge in [-0.1, -0.05) is 0 Å². The van der Waals surface area contributed by atoms with Crippen LogP contribution in [-0.2, 0) is 4.74 Å². The van der Waals surface area contributed by atoms with Gasteiger partial charge in [0.05, 0.1) is 24.7 Å². The minimum Gasteiger partial charge on any atom is -0.480 e. The van der Waals surface area contributed by atoms with Crippen LogP contribution in [0.1, 0.15) is 24.2 Å². The number of morpholine rings is 1. The average Bonchev–Trinajstić information content (AvgIpc) is 2.44. The molecule has 2 heterocycles. The first-order chi connectivity index (χ1) is 9.46. The van der Waals surface area contributed by atoms with Gasteiger partial charge in [-0.3, -0.25) is 4.79 Å². The van der Waals surface area contributed by atoms with Crippen molar-refractivity contribution in [3.8, 4) is 5.88 Å². The molecule has 0 aliphatic carbocycles. The van der Waals surface area contributed by atoms with Crippen molar-refractivity contribution in [1.82, 2.24) is 9.88 Å². The maximum atomic E-state index is 12.6. The summed E-state index contributed by atoms with van der Waals surface area (Å²) in [6.45, 7) is 4.89. The molecule has 1 aromatic rings. The molecule has 6 heteroatoms. The molecule has 0 bridgehead atoms. The Hall–Kier alpha value is -1.33. The molecule has 1 fully saturated rings. The van der Waals surface area contributed by atoms with Gasteiger partial charge in [0.25, 0.3) is 5.91 Å². The molecule has 0 N–H and O–H groups in total. The van der Waals surface area contributed by atoms with E-state index in [2.05, 4.69) is 4.98 Å². The van der Waals surface area contributed by atoms with Gasteiger partial charge in [0, 0.05) is 19.3 Å². The molecular formula is C14H19ClN2O3. The molecule has 1 aliphatic rings. The van der Waals surface area contributed by atoms with Crippen LogP contribution in [0.25, 0.3) is 0 Å². The standard InChI is InChI=1S/C14H19ClN2O3/c1-14(2)9-17(8-10(7-15)20-14)13(18)11-5-4-6-16-12(11)19-3/h4-6,10H,7-9H2,1-3H3. The van der Waals surface area contributed by atoms with Gasteiger partial charge in [-0.2, -0.15) is 0 Å². The molecule has 20 heavy (non-hydrogen) atoms. The topological polar surface area (TPSA) is 51.7 Å². The number of carbonyl (C=O) groups excluding carboxylic acids is 1. The number of amides is 1. The molecular weight excluding hydrogens is 280 g/mol. The van der Waals surface area contributed by atoms with Crippen molar-refractivity contribution in [2.45, 2.75) is 25.6 Å². The van der Waals surface area contributed by atoms with E-state index in [4.69, 9.17) is 21.1 Å². The number of hydrogen-bond donors (Lipinski definition) is 0. The van der Waals surface area contributed by atoms with E-state index in [1.54, 1.807) is 23.2 Å². The summed E-state index contributed by atoms with van der Waals surface area (Å²) >= 11 is 5.88. The summed E-state index contributed by atoms with van der Waals surface area (Å²) in [7, 11) is 1.50. The number of alkyl halides is 1. The highest BCUT2D eigenvalue weighted by atomic mass is 35.5. The van der Waals surface area contributed by atoms with Crippen LogP contribution in [0.4, 0.5) is 0 Å². The van der Waals surface area contributed by atoms with Crippen LogP contribution in [0.5, 0.6) is 5.88 Å². The molecule has 1 unspecified atom stereocenters. The summed E-state index contributed by atoms with van der Waals surface area (Å²) in [4.78, 5) is 18.4. The molecule has 1 amide bonds. The monoisotopic (exact) mass is 298 g/mol. The fraction of sp³-hybridized carbons (Fsp3) is 0.571. The zero-order valence-electron chi connectivity index (χ0n) is 11.9. The van der Waals surface area contributed by atoms with Crippen molar-refractivity contribution in [3.63, 3.8) is 0 Å². The third-order valence-corrected chi connectivity index (χ3v) is 3.48. The van der Waals surface area contributed by atoms with Crippen molar-refractivity contribution in [1.29, 1.82) is 0 Å². The minimum atomic E-state index is -0.414. The number of aromatic nitrogens is 1. The van der Waals surface area contributed by atoms with Crippen LogP contribution in [0, 0.1) is 0 Å². The number of halogens is 1. The van der Waals surface area contributed by atoms with E-state index >= 15 is 0 Å². The van der Waals surface area contributed by atoms with Crippen molar-refractivity contribution in [2.75, 3.05) is 26.1 Å². The summed E-state index contributed by atoms with van der Waals surface area (Å²) in [5.41, 5.74) is 0.0455. The number of ether oxygens (including phenoxy) is 2. The number of nitrogens with zero attached hydrogens (tertiary/aromatic N) is 2. The van der Waals surface area contributed by atoms with Gasteiger partial charge in [-0.15, -0.1) is 11.6 Å². The van der Waals surface area contributed by atoms with Crippen LogP contribution >= 0.6 is 11.6 Å². The second-order valence-corrected chi connectivity index (χ2v) is 5.71. The number of hydrogen-bond acceptors (Lipinski definition) is 4. The highest BCUT2D eigenvalue weighted by Crippen LogP contribution is 2.25. The lowest BCUT2D eigenvalue weighted by atomic mass is 10.0. The Morgan fingerprint density at radius 2 is 2.40 bits per heavy atom. The van der Waals surface area contributed by atoms with Crippen LogP contribution in [0.15, 0.2) is 18.3 Å². The van der Waals surface area contributed by atoms with Gasteiger partial charge in [0.1, 0.15) is 5.56 Å². The molecule has 0 saturated carbocycles. The molecule has 2 rings (SSSR count). The first-order valence-electron chi connectivity index (χ1n) is 6.49. The van der Waals surface area contributed by atoms with E-state index in [9.17, 15) is 4.79 Å². The first kappa shape index (κ1) is 15.1. The summed E-state index contributed by atoms with van der Waals surface area (Å²) in [6.07, 6.45) is 1.44. The normalized spacial score (nSPS) is 21.6. The third kappa shape index (κ3) is 3.22. The molecule has 1 aromatic heterocycles. The van der Waals surface area contributed by atoms with Gasteiger partial charge < -0.3 is 14.4 Å². The van der Waals surface area contributed by atoms with E-state index in [1.165, 1.54) is 7.11 Å². The fourth-order valence-corrected chi connectivity index (χ4v) is 2.58. The lowest BCUT2D eigenvalue weighted by Gasteiger charge is -2.42. The maximum Gasteiger partial charge on any atom is 0.259 e.